The molecule has 398 valence electrons. The minimum atomic E-state index is 0.392. The Balaban J connectivity index is 1.12. The van der Waals surface area contributed by atoms with Crippen molar-refractivity contribution in [2.75, 3.05) is 0 Å². The van der Waals surface area contributed by atoms with E-state index in [9.17, 15) is 11.8 Å². The lowest BCUT2D eigenvalue weighted by atomic mass is 9.87. The van der Waals surface area contributed by atoms with Gasteiger partial charge < -0.3 is 9.13 Å². The Labute approximate surface area is 503 Å². The largest absolute Gasteiger partial charge is 0.318 e. The average Bonchev–Trinajstić information content (AvgIpc) is 1.50. The average molecular weight is 1130 g/mol. The zero-order chi connectivity index (χ0) is 57.0. The molecule has 0 unspecified atom stereocenters. The first-order valence-electron chi connectivity index (χ1n) is 28.8. The van der Waals surface area contributed by atoms with E-state index in [-0.39, 0.29) is 0 Å². The van der Waals surface area contributed by atoms with E-state index < -0.39 is 0 Å². The number of aromatic nitrogens is 2. The molecular formula is C80H46N4S2. The van der Waals surface area contributed by atoms with Gasteiger partial charge in [0.15, 0.2) is 0 Å². The van der Waals surface area contributed by atoms with E-state index in [0.29, 0.717) is 28.2 Å². The van der Waals surface area contributed by atoms with Gasteiger partial charge in [-0.1, -0.05) is 231 Å². The van der Waals surface area contributed by atoms with Crippen LogP contribution in [0.1, 0.15) is 5.56 Å². The number of thiophene rings is 2. The summed E-state index contributed by atoms with van der Waals surface area (Å²) in [7, 11) is 0. The molecule has 0 aliphatic heterocycles. The molecule has 0 amide bonds. The summed E-state index contributed by atoms with van der Waals surface area (Å²) < 4.78 is 9.39. The van der Waals surface area contributed by atoms with Gasteiger partial charge in [-0.05, 0) is 104 Å². The third-order valence-electron chi connectivity index (χ3n) is 17.4. The Hall–Kier alpha value is -11.1. The Morgan fingerprint density at radius 1 is 0.314 bits per heavy atom. The lowest BCUT2D eigenvalue weighted by Crippen LogP contribution is -2.09. The molecule has 0 saturated heterocycles. The van der Waals surface area contributed by atoms with Crippen molar-refractivity contribution in [2.24, 2.45) is 0 Å². The normalized spacial score (nSPS) is 11.7. The summed E-state index contributed by atoms with van der Waals surface area (Å²) in [5, 5.41) is 21.7. The van der Waals surface area contributed by atoms with Crippen molar-refractivity contribution in [3.8, 4) is 84.2 Å². The van der Waals surface area contributed by atoms with Crippen LogP contribution in [-0.4, -0.2) is 9.13 Å². The zero-order valence-corrected chi connectivity index (χ0v) is 47.8. The van der Waals surface area contributed by atoms with Gasteiger partial charge in [0.2, 0.25) is 5.69 Å². The molecule has 6 heteroatoms. The minimum Gasteiger partial charge on any atom is -0.318 e. The second-order valence-electron chi connectivity index (χ2n) is 22.0. The van der Waals surface area contributed by atoms with Crippen LogP contribution in [0.15, 0.2) is 279 Å². The molecule has 0 atom stereocenters. The molecule has 13 aromatic carbocycles. The Bertz CT molecular complexity index is 5490. The van der Waals surface area contributed by atoms with Gasteiger partial charge in [-0.3, -0.25) is 0 Å². The fraction of sp³-hybridized carbons (Fsp3) is 0. The summed E-state index contributed by atoms with van der Waals surface area (Å²) in [5.74, 6) is 0. The first-order valence-corrected chi connectivity index (χ1v) is 30.4. The molecule has 0 saturated carbocycles. The molecule has 0 bridgehead atoms. The van der Waals surface area contributed by atoms with E-state index in [1.54, 1.807) is 22.7 Å². The highest BCUT2D eigenvalue weighted by Gasteiger charge is 2.33. The Morgan fingerprint density at radius 2 is 0.698 bits per heavy atom. The monoisotopic (exact) mass is 1130 g/mol. The van der Waals surface area contributed by atoms with E-state index in [2.05, 4.69) is 288 Å². The molecule has 0 radical (unpaired) electrons. The van der Waals surface area contributed by atoms with Crippen LogP contribution in [0.4, 0.5) is 5.69 Å². The van der Waals surface area contributed by atoms with Crippen molar-refractivity contribution in [1.29, 1.82) is 5.26 Å². The molecule has 0 aliphatic carbocycles. The predicted molar refractivity (Wildman–Crippen MR) is 364 cm³/mol. The molecule has 0 spiro atoms. The topological polar surface area (TPSA) is 38.0 Å². The molecule has 4 aromatic heterocycles. The van der Waals surface area contributed by atoms with Crippen LogP contribution in [0.5, 0.6) is 0 Å². The van der Waals surface area contributed by atoms with Gasteiger partial charge in [0.25, 0.3) is 0 Å². The summed E-state index contributed by atoms with van der Waals surface area (Å²) in [6.07, 6.45) is 0. The lowest BCUT2D eigenvalue weighted by molar-refractivity contribution is 1.14. The number of hydrogen-bond donors (Lipinski definition) is 0. The van der Waals surface area contributed by atoms with Gasteiger partial charge >= 0.3 is 0 Å². The molecule has 0 N–H and O–H groups in total. The van der Waals surface area contributed by atoms with Crippen LogP contribution >= 0.6 is 22.7 Å². The first kappa shape index (κ1) is 49.5. The second kappa shape index (κ2) is 19.8. The quantitative estimate of drug-likeness (QED) is 0.140. The lowest BCUT2D eigenvalue weighted by Gasteiger charge is -2.26. The highest BCUT2D eigenvalue weighted by molar-refractivity contribution is 7.27. The maximum atomic E-state index is 12.7. The molecule has 86 heavy (non-hydrogen) atoms. The van der Waals surface area contributed by atoms with Crippen molar-refractivity contribution < 1.29 is 0 Å². The number of rotatable bonds is 8. The van der Waals surface area contributed by atoms with E-state index in [1.807, 2.05) is 6.07 Å². The maximum absolute atomic E-state index is 12.7. The first-order chi connectivity index (χ1) is 42.6. The highest BCUT2D eigenvalue weighted by atomic mass is 32.1. The van der Waals surface area contributed by atoms with Crippen molar-refractivity contribution in [2.45, 2.75) is 0 Å². The third-order valence-corrected chi connectivity index (χ3v) is 19.8. The SMILES string of the molecule is [C-]#[N+]c1c(-c2cccc(-c3ccccc3)c2)c(C#N)c(-n2c3c(ccc4c5cc(-c6ccccc6)ccc5sc43)c3ccc4c5cc(-c6ccccc6)ccc5sc4c32)c(-c2cccc(-c3ccccc3)c2)c1-n1c2ccccc2c2ccccc21. The summed E-state index contributed by atoms with van der Waals surface area (Å²) >= 11 is 3.61. The molecule has 17 rings (SSSR count). The molecule has 17 aromatic rings. The van der Waals surface area contributed by atoms with Crippen molar-refractivity contribution in [3.63, 3.8) is 0 Å². The van der Waals surface area contributed by atoms with Gasteiger partial charge in [0.05, 0.1) is 55.0 Å². The van der Waals surface area contributed by atoms with Crippen molar-refractivity contribution in [1.82, 2.24) is 9.13 Å². The fourth-order valence-corrected chi connectivity index (χ4v) is 16.0. The fourth-order valence-electron chi connectivity index (χ4n) is 13.5. The maximum Gasteiger partial charge on any atom is 0.220 e. The molecule has 0 aliphatic rings. The summed E-state index contributed by atoms with van der Waals surface area (Å²) in [4.78, 5) is 4.74. The third kappa shape index (κ3) is 7.58. The van der Waals surface area contributed by atoms with Crippen LogP contribution in [0.2, 0.25) is 0 Å². The number of nitriles is 1. The number of fused-ring (bicyclic) bond motifs is 14. The van der Waals surface area contributed by atoms with Crippen molar-refractivity contribution in [3.05, 3.63) is 296 Å². The predicted octanol–water partition coefficient (Wildman–Crippen LogP) is 23.0. The summed E-state index contributed by atoms with van der Waals surface area (Å²) in [5.41, 5.74) is 18.0. The van der Waals surface area contributed by atoms with Crippen LogP contribution in [0, 0.1) is 17.9 Å². The molecule has 4 heterocycles. The van der Waals surface area contributed by atoms with Crippen LogP contribution in [-0.2, 0) is 0 Å². The van der Waals surface area contributed by atoms with Crippen LogP contribution in [0.25, 0.3) is 167 Å². The van der Waals surface area contributed by atoms with Gasteiger partial charge in [0.1, 0.15) is 6.07 Å². The van der Waals surface area contributed by atoms with Gasteiger partial charge in [-0.2, -0.15) is 5.26 Å². The van der Waals surface area contributed by atoms with Crippen LogP contribution in [0.3, 0.4) is 0 Å². The minimum absolute atomic E-state index is 0.392. The van der Waals surface area contributed by atoms with Gasteiger partial charge in [-0.15, -0.1) is 22.7 Å². The second-order valence-corrected chi connectivity index (χ2v) is 24.1. The van der Waals surface area contributed by atoms with Gasteiger partial charge in [0, 0.05) is 63.6 Å². The molecule has 4 nitrogen and oxygen atoms in total. The van der Waals surface area contributed by atoms with E-state index >= 15 is 0 Å². The zero-order valence-electron chi connectivity index (χ0n) is 46.2. The molecular weight excluding hydrogens is 1080 g/mol. The van der Waals surface area contributed by atoms with Crippen LogP contribution < -0.4 is 0 Å². The van der Waals surface area contributed by atoms with Crippen molar-refractivity contribution >= 4 is 112 Å². The summed E-state index contributed by atoms with van der Waals surface area (Å²) in [6.45, 7) is 9.72. The Morgan fingerprint density at radius 3 is 1.14 bits per heavy atom. The van der Waals surface area contributed by atoms with E-state index in [4.69, 9.17) is 4.85 Å². The number of hydrogen-bond acceptors (Lipinski definition) is 3. The smallest absolute Gasteiger partial charge is 0.220 e. The highest BCUT2D eigenvalue weighted by Crippen LogP contribution is 2.55. The molecule has 0 fully saturated rings. The Kier molecular flexibility index (Phi) is 11.4. The van der Waals surface area contributed by atoms with Gasteiger partial charge in [-0.25, -0.2) is 4.85 Å². The number of para-hydroxylation sites is 2. The van der Waals surface area contributed by atoms with E-state index in [1.165, 1.54) is 20.2 Å². The number of benzene rings is 13. The number of nitrogens with zero attached hydrogens (tertiary/aromatic N) is 4. The standard InChI is InChI=1S/C80H46N4S2/c1-82-74-72(57-30-18-28-53(44-57)49-20-6-2-7-21-49)67(48-81)75(73(58-31-19-29-54(45-58)50-22-8-3-9-23-50)78(74)83-68-34-16-14-32-59(68)60-33-15-17-35-69(60)83)84-76-61(38-40-63-65-46-55(51-24-10-4-11-25-51)36-42-70(65)85-79(63)76)62-39-41-64-66-47-56(52-26-12-5-13-27-52)37-43-71(66)86-80(64)77(62)84/h2-47H. The van der Waals surface area contributed by atoms with E-state index in [0.717, 1.165) is 125 Å². The summed E-state index contributed by atoms with van der Waals surface area (Å²) in [6, 6.07) is 102.